The third-order valence-electron chi connectivity index (χ3n) is 4.66. The highest BCUT2D eigenvalue weighted by molar-refractivity contribution is 5.98. The Morgan fingerprint density at radius 3 is 2.43 bits per heavy atom. The minimum atomic E-state index is -0.933. The molecule has 0 bridgehead atoms. The van der Waals surface area contributed by atoms with E-state index in [0.717, 1.165) is 0 Å². The third-order valence-corrected chi connectivity index (χ3v) is 4.66. The summed E-state index contributed by atoms with van der Waals surface area (Å²) in [5.74, 6) is -1.95. The van der Waals surface area contributed by atoms with Gasteiger partial charge in [0, 0.05) is 0 Å². The second-order valence-electron chi connectivity index (χ2n) is 7.64. The molecule has 0 aliphatic rings. The van der Waals surface area contributed by atoms with Crippen LogP contribution in [0.5, 0.6) is 11.5 Å². The van der Waals surface area contributed by atoms with E-state index in [9.17, 15) is 18.8 Å². The van der Waals surface area contributed by atoms with Crippen LogP contribution in [0, 0.1) is 11.7 Å². The van der Waals surface area contributed by atoms with E-state index in [0.29, 0.717) is 23.7 Å². The lowest BCUT2D eigenvalue weighted by Crippen LogP contribution is -2.48. The summed E-state index contributed by atoms with van der Waals surface area (Å²) in [7, 11) is 0. The van der Waals surface area contributed by atoms with E-state index in [4.69, 9.17) is 14.2 Å². The first-order valence-corrected chi connectivity index (χ1v) is 11.2. The van der Waals surface area contributed by atoms with E-state index in [1.54, 1.807) is 45.9 Å². The van der Waals surface area contributed by atoms with Gasteiger partial charge in [-0.25, -0.2) is 14.6 Å². The number of rotatable bonds is 12. The van der Waals surface area contributed by atoms with Crippen LogP contribution in [0.25, 0.3) is 0 Å². The number of hydrogen-bond acceptors (Lipinski definition) is 7. The van der Waals surface area contributed by atoms with Gasteiger partial charge in [0.15, 0.2) is 18.1 Å². The maximum atomic E-state index is 13.9. The Morgan fingerprint density at radius 2 is 1.77 bits per heavy atom. The lowest BCUT2D eigenvalue weighted by molar-refractivity contribution is -0.145. The van der Waals surface area contributed by atoms with E-state index >= 15 is 0 Å². The second kappa shape index (κ2) is 13.7. The molecule has 0 heterocycles. The fraction of sp³-hybridized carbons (Fsp3) is 0.360. The number of hydrogen-bond donors (Lipinski definition) is 2. The van der Waals surface area contributed by atoms with Crippen LogP contribution in [0.15, 0.2) is 47.6 Å². The van der Waals surface area contributed by atoms with Crippen molar-refractivity contribution in [3.63, 3.8) is 0 Å². The topological polar surface area (TPSA) is 115 Å². The van der Waals surface area contributed by atoms with Crippen LogP contribution in [0.3, 0.4) is 0 Å². The highest BCUT2D eigenvalue weighted by Gasteiger charge is 2.25. The minimum absolute atomic E-state index is 0.150. The van der Waals surface area contributed by atoms with Gasteiger partial charge in [0.1, 0.15) is 11.9 Å². The van der Waals surface area contributed by atoms with Crippen molar-refractivity contribution < 1.29 is 33.0 Å². The average Bonchev–Trinajstić information content (AvgIpc) is 2.82. The zero-order valence-electron chi connectivity index (χ0n) is 20.2. The number of halogens is 1. The van der Waals surface area contributed by atoms with Gasteiger partial charge in [0.25, 0.3) is 11.8 Å². The van der Waals surface area contributed by atoms with E-state index in [-0.39, 0.29) is 24.7 Å². The summed E-state index contributed by atoms with van der Waals surface area (Å²) in [5, 5.41) is 6.50. The first-order valence-electron chi connectivity index (χ1n) is 11.2. The van der Waals surface area contributed by atoms with Gasteiger partial charge in [-0.05, 0) is 55.7 Å². The van der Waals surface area contributed by atoms with Gasteiger partial charge in [-0.15, -0.1) is 0 Å². The number of nitrogens with one attached hydrogen (secondary N) is 2. The van der Waals surface area contributed by atoms with Gasteiger partial charge >= 0.3 is 5.97 Å². The molecule has 1 unspecified atom stereocenters. The molecule has 0 spiro atoms. The van der Waals surface area contributed by atoms with E-state index in [1.807, 2.05) is 0 Å². The summed E-state index contributed by atoms with van der Waals surface area (Å²) in [4.78, 5) is 36.6. The molecule has 0 aliphatic carbocycles. The molecule has 0 aromatic heterocycles. The summed E-state index contributed by atoms with van der Waals surface area (Å²) in [6.07, 6.45) is 1.39. The Balaban J connectivity index is 2.04. The fourth-order valence-electron chi connectivity index (χ4n) is 2.97. The van der Waals surface area contributed by atoms with Gasteiger partial charge in [-0.1, -0.05) is 26.0 Å². The van der Waals surface area contributed by atoms with E-state index in [2.05, 4.69) is 15.8 Å². The number of amides is 2. The molecule has 0 aliphatic heterocycles. The van der Waals surface area contributed by atoms with Gasteiger partial charge in [-0.3, -0.25) is 9.59 Å². The number of carbonyl (C=O) groups excluding carboxylic acids is 3. The first-order chi connectivity index (χ1) is 16.8. The van der Waals surface area contributed by atoms with Crippen molar-refractivity contribution in [2.24, 2.45) is 11.0 Å². The lowest BCUT2D eigenvalue weighted by Gasteiger charge is -2.20. The van der Waals surface area contributed by atoms with Gasteiger partial charge in [0.05, 0.1) is 25.0 Å². The molecular formula is C25H30FN3O6. The number of nitrogens with zero attached hydrogens (tertiary/aromatic N) is 1. The molecule has 188 valence electrons. The van der Waals surface area contributed by atoms with Crippen molar-refractivity contribution in [3.05, 3.63) is 59.4 Å². The summed E-state index contributed by atoms with van der Waals surface area (Å²) in [5.41, 5.74) is 2.83. The molecule has 2 rings (SSSR count). The predicted molar refractivity (Wildman–Crippen MR) is 128 cm³/mol. The van der Waals surface area contributed by atoms with Gasteiger partial charge in [-0.2, -0.15) is 5.10 Å². The zero-order chi connectivity index (χ0) is 25.8. The van der Waals surface area contributed by atoms with Crippen molar-refractivity contribution in [1.29, 1.82) is 0 Å². The quantitative estimate of drug-likeness (QED) is 0.270. The Bertz CT molecular complexity index is 1060. The summed E-state index contributed by atoms with van der Waals surface area (Å²) in [6, 6.07) is 9.51. The molecule has 9 nitrogen and oxygen atoms in total. The molecule has 2 amide bonds. The monoisotopic (exact) mass is 487 g/mol. The van der Waals surface area contributed by atoms with Crippen LogP contribution in [0.1, 0.15) is 43.6 Å². The van der Waals surface area contributed by atoms with Crippen LogP contribution in [0.2, 0.25) is 0 Å². The summed E-state index contributed by atoms with van der Waals surface area (Å²) in [6.45, 7) is 7.37. The standard InChI is InChI=1S/C25H30FN3O6/c1-5-33-21-13-17(11-12-20(21)35-15-22(30)34-6-2)14-27-29-25(32)23(16(3)4)28-24(31)18-9-7-8-10-19(18)26/h7-14,16,23H,5-6,15H2,1-4H3,(H,28,31)(H,29,32)/b27-14+. The van der Waals surface area contributed by atoms with Crippen LogP contribution < -0.4 is 20.2 Å². The number of carbonyl (C=O) groups is 3. The largest absolute Gasteiger partial charge is 0.490 e. The first kappa shape index (κ1) is 27.3. The molecule has 0 radical (unpaired) electrons. The number of hydrazone groups is 1. The van der Waals surface area contributed by atoms with Crippen LogP contribution in [-0.4, -0.2) is 49.9 Å². The Kier molecular flexibility index (Phi) is 10.7. The zero-order valence-corrected chi connectivity index (χ0v) is 20.2. The third kappa shape index (κ3) is 8.40. The maximum absolute atomic E-state index is 13.9. The highest BCUT2D eigenvalue weighted by Crippen LogP contribution is 2.28. The van der Waals surface area contributed by atoms with E-state index < -0.39 is 29.6 Å². The highest BCUT2D eigenvalue weighted by atomic mass is 19.1. The lowest BCUT2D eigenvalue weighted by atomic mass is 10.0. The molecule has 35 heavy (non-hydrogen) atoms. The molecule has 2 aromatic rings. The van der Waals surface area contributed by atoms with Crippen molar-refractivity contribution in [2.45, 2.75) is 33.7 Å². The summed E-state index contributed by atoms with van der Waals surface area (Å²) >= 11 is 0. The molecule has 10 heteroatoms. The summed E-state index contributed by atoms with van der Waals surface area (Å²) < 4.78 is 29.8. The number of benzene rings is 2. The fourth-order valence-corrected chi connectivity index (χ4v) is 2.97. The van der Waals surface area contributed by atoms with Crippen molar-refractivity contribution in [3.8, 4) is 11.5 Å². The van der Waals surface area contributed by atoms with Crippen LogP contribution >= 0.6 is 0 Å². The number of esters is 1. The Morgan fingerprint density at radius 1 is 1.03 bits per heavy atom. The molecule has 0 saturated heterocycles. The SMILES string of the molecule is CCOC(=O)COc1ccc(/C=N/NC(=O)C(NC(=O)c2ccccc2F)C(C)C)cc1OCC. The van der Waals surface area contributed by atoms with Crippen molar-refractivity contribution >= 4 is 24.0 Å². The van der Waals surface area contributed by atoms with E-state index in [1.165, 1.54) is 30.5 Å². The predicted octanol–water partition coefficient (Wildman–Crippen LogP) is 3.07. The smallest absolute Gasteiger partial charge is 0.344 e. The van der Waals surface area contributed by atoms with Crippen molar-refractivity contribution in [2.75, 3.05) is 19.8 Å². The van der Waals surface area contributed by atoms with Gasteiger partial charge < -0.3 is 19.5 Å². The van der Waals surface area contributed by atoms with Crippen LogP contribution in [-0.2, 0) is 14.3 Å². The number of ether oxygens (including phenoxy) is 3. The van der Waals surface area contributed by atoms with Gasteiger partial charge in [0.2, 0.25) is 0 Å². The van der Waals surface area contributed by atoms with Crippen LogP contribution in [0.4, 0.5) is 4.39 Å². The van der Waals surface area contributed by atoms with Crippen molar-refractivity contribution in [1.82, 2.24) is 10.7 Å². The molecule has 2 aromatic carbocycles. The molecule has 2 N–H and O–H groups in total. The Hall–Kier alpha value is -3.95. The average molecular weight is 488 g/mol. The second-order valence-corrected chi connectivity index (χ2v) is 7.64. The molecular weight excluding hydrogens is 457 g/mol. The Labute approximate surface area is 203 Å². The minimum Gasteiger partial charge on any atom is -0.490 e. The molecule has 0 fully saturated rings. The molecule has 1 atom stereocenters. The maximum Gasteiger partial charge on any atom is 0.344 e. The molecule has 0 saturated carbocycles. The normalized spacial score (nSPS) is 11.7.